The third kappa shape index (κ3) is 6.20. The average molecular weight is 198 g/mol. The van der Waals surface area contributed by atoms with E-state index in [-0.39, 0.29) is 6.10 Å². The van der Waals surface area contributed by atoms with E-state index in [9.17, 15) is 4.79 Å². The highest BCUT2D eigenvalue weighted by Gasteiger charge is 2.14. The molecule has 0 amide bonds. The number of ether oxygens (including phenoxy) is 2. The van der Waals surface area contributed by atoms with Gasteiger partial charge in [-0.25, -0.2) is 4.79 Å². The van der Waals surface area contributed by atoms with Crippen molar-refractivity contribution in [1.82, 2.24) is 0 Å². The molecule has 0 N–H and O–H groups in total. The summed E-state index contributed by atoms with van der Waals surface area (Å²) in [6.45, 7) is 16.9. The maximum Gasteiger partial charge on any atom is 0.340 e. The molecule has 0 aliphatic carbocycles. The van der Waals surface area contributed by atoms with E-state index in [0.29, 0.717) is 12.2 Å². The van der Waals surface area contributed by atoms with E-state index in [2.05, 4.69) is 31.1 Å². The minimum Gasteiger partial charge on any atom is -0.432 e. The maximum absolute atomic E-state index is 11.0. The molecule has 0 heterocycles. The van der Waals surface area contributed by atoms with Crippen LogP contribution in [0, 0.1) is 0 Å². The Morgan fingerprint density at radius 2 is 2.00 bits per heavy atom. The Hall–Kier alpha value is -1.35. The molecule has 1 unspecified atom stereocenters. The first kappa shape index (κ1) is 15.1. The van der Waals surface area contributed by atoms with Crippen LogP contribution in [0.1, 0.15) is 13.8 Å². The molecule has 0 saturated heterocycles. The largest absolute Gasteiger partial charge is 0.432 e. The first-order valence-electron chi connectivity index (χ1n) is 4.25. The minimum absolute atomic E-state index is 0.303. The molecule has 0 rings (SSSR count). The van der Waals surface area contributed by atoms with Gasteiger partial charge in [-0.2, -0.15) is 0 Å². The van der Waals surface area contributed by atoms with Crippen LogP contribution in [-0.4, -0.2) is 18.7 Å². The van der Waals surface area contributed by atoms with Crippen molar-refractivity contribution in [3.8, 4) is 0 Å². The Bertz CT molecular complexity index is 197. The van der Waals surface area contributed by atoms with Crippen LogP contribution in [0.4, 0.5) is 0 Å². The van der Waals surface area contributed by atoms with Crippen LogP contribution in [0.15, 0.2) is 38.2 Å². The quantitative estimate of drug-likeness (QED) is 0.294. The summed E-state index contributed by atoms with van der Waals surface area (Å²) < 4.78 is 9.65. The highest BCUT2D eigenvalue weighted by molar-refractivity contribution is 5.89. The van der Waals surface area contributed by atoms with Gasteiger partial charge in [0.15, 0.2) is 0 Å². The molecule has 0 spiro atoms. The van der Waals surface area contributed by atoms with Gasteiger partial charge in [-0.15, -0.1) is 13.2 Å². The topological polar surface area (TPSA) is 35.5 Å². The maximum atomic E-state index is 11.0. The molecule has 0 saturated carbocycles. The minimum atomic E-state index is -0.494. The Labute approximate surface area is 85.7 Å². The van der Waals surface area contributed by atoms with Crippen LogP contribution < -0.4 is 0 Å². The van der Waals surface area contributed by atoms with Crippen LogP contribution >= 0.6 is 0 Å². The van der Waals surface area contributed by atoms with Crippen molar-refractivity contribution in [2.45, 2.75) is 20.0 Å². The number of carbonyl (C=O) groups excluding carboxylic acids is 1. The van der Waals surface area contributed by atoms with E-state index in [1.54, 1.807) is 6.92 Å². The number of rotatable bonds is 5. The van der Waals surface area contributed by atoms with Crippen molar-refractivity contribution in [3.05, 3.63) is 38.2 Å². The van der Waals surface area contributed by atoms with Gasteiger partial charge in [-0.1, -0.05) is 13.2 Å². The van der Waals surface area contributed by atoms with Crippen LogP contribution in [0.2, 0.25) is 0 Å². The van der Waals surface area contributed by atoms with Gasteiger partial charge >= 0.3 is 5.97 Å². The van der Waals surface area contributed by atoms with Crippen molar-refractivity contribution in [3.63, 3.8) is 0 Å². The monoisotopic (exact) mass is 198 g/mol. The number of hydrogen-bond acceptors (Lipinski definition) is 3. The van der Waals surface area contributed by atoms with E-state index in [1.807, 2.05) is 6.92 Å². The van der Waals surface area contributed by atoms with Crippen molar-refractivity contribution < 1.29 is 14.3 Å². The smallest absolute Gasteiger partial charge is 0.340 e. The second kappa shape index (κ2) is 9.74. The molecular weight excluding hydrogens is 180 g/mol. The molecule has 0 aliphatic rings. The first-order chi connectivity index (χ1) is 6.63. The summed E-state index contributed by atoms with van der Waals surface area (Å²) in [5, 5.41) is 0. The Kier molecular flexibility index (Phi) is 10.5. The van der Waals surface area contributed by atoms with E-state index in [0.717, 1.165) is 6.26 Å². The Morgan fingerprint density at radius 1 is 1.50 bits per heavy atom. The van der Waals surface area contributed by atoms with Crippen molar-refractivity contribution in [2.75, 3.05) is 6.61 Å². The van der Waals surface area contributed by atoms with E-state index in [1.165, 1.54) is 0 Å². The number of hydrogen-bond donors (Lipinski definition) is 0. The molecule has 14 heavy (non-hydrogen) atoms. The third-order valence-corrected chi connectivity index (χ3v) is 1.36. The standard InChI is InChI=1S/C9H14O3.C2H4/c1-5-11-8(4)7(3)9(10)12-6-2;1-2/h6,8H,2-3,5H2,1,4H3;1-2H2. The highest BCUT2D eigenvalue weighted by Crippen LogP contribution is 2.05. The van der Waals surface area contributed by atoms with E-state index >= 15 is 0 Å². The zero-order valence-corrected chi connectivity index (χ0v) is 8.91. The molecule has 0 bridgehead atoms. The summed E-state index contributed by atoms with van der Waals surface area (Å²) in [5.41, 5.74) is 0.303. The molecule has 0 radical (unpaired) electrons. The molecule has 3 heteroatoms. The second-order valence-corrected chi connectivity index (χ2v) is 2.19. The van der Waals surface area contributed by atoms with Gasteiger partial charge < -0.3 is 9.47 Å². The molecule has 0 aromatic carbocycles. The van der Waals surface area contributed by atoms with E-state index < -0.39 is 5.97 Å². The second-order valence-electron chi connectivity index (χ2n) is 2.19. The van der Waals surface area contributed by atoms with Gasteiger partial charge in [0, 0.05) is 6.61 Å². The van der Waals surface area contributed by atoms with Gasteiger partial charge in [0.25, 0.3) is 0 Å². The number of carbonyl (C=O) groups is 1. The number of esters is 1. The molecular formula is C11H18O3. The van der Waals surface area contributed by atoms with Gasteiger partial charge in [0.2, 0.25) is 0 Å². The predicted molar refractivity (Wildman–Crippen MR) is 57.8 cm³/mol. The van der Waals surface area contributed by atoms with Crippen molar-refractivity contribution >= 4 is 5.97 Å². The van der Waals surface area contributed by atoms with Crippen molar-refractivity contribution in [2.24, 2.45) is 0 Å². The molecule has 80 valence electrons. The van der Waals surface area contributed by atoms with Gasteiger partial charge in [-0.3, -0.25) is 0 Å². The molecule has 0 aliphatic heterocycles. The fourth-order valence-electron chi connectivity index (χ4n) is 0.668. The van der Waals surface area contributed by atoms with Crippen molar-refractivity contribution in [1.29, 1.82) is 0 Å². The molecule has 0 aromatic heterocycles. The SMILES string of the molecule is C=C.C=COC(=O)C(=C)C(C)OCC. The normalized spacial score (nSPS) is 10.4. The fraction of sp³-hybridized carbons (Fsp3) is 0.364. The first-order valence-corrected chi connectivity index (χ1v) is 4.25. The third-order valence-electron chi connectivity index (χ3n) is 1.36. The molecule has 1 atom stereocenters. The lowest BCUT2D eigenvalue weighted by Crippen LogP contribution is -2.18. The summed E-state index contributed by atoms with van der Waals surface area (Å²) in [7, 11) is 0. The summed E-state index contributed by atoms with van der Waals surface area (Å²) in [4.78, 5) is 11.0. The Morgan fingerprint density at radius 3 is 2.36 bits per heavy atom. The average Bonchev–Trinajstić information content (AvgIpc) is 2.20. The molecule has 0 aromatic rings. The zero-order chi connectivity index (χ0) is 11.6. The molecule has 0 fully saturated rings. The van der Waals surface area contributed by atoms with E-state index in [4.69, 9.17) is 4.74 Å². The van der Waals surface area contributed by atoms with Crippen LogP contribution in [0.25, 0.3) is 0 Å². The summed E-state index contributed by atoms with van der Waals surface area (Å²) in [5.74, 6) is -0.494. The summed E-state index contributed by atoms with van der Waals surface area (Å²) in [6.07, 6.45) is 0.772. The zero-order valence-electron chi connectivity index (χ0n) is 8.91. The van der Waals surface area contributed by atoms with Crippen LogP contribution in [0.5, 0.6) is 0 Å². The summed E-state index contributed by atoms with van der Waals surface area (Å²) >= 11 is 0. The Balaban J connectivity index is 0. The molecule has 3 nitrogen and oxygen atoms in total. The van der Waals surface area contributed by atoms with Gasteiger partial charge in [0.05, 0.1) is 17.9 Å². The summed E-state index contributed by atoms with van der Waals surface area (Å²) in [6, 6.07) is 0. The fourth-order valence-corrected chi connectivity index (χ4v) is 0.668. The van der Waals surface area contributed by atoms with Crippen LogP contribution in [0.3, 0.4) is 0 Å². The highest BCUT2D eigenvalue weighted by atomic mass is 16.5. The lowest BCUT2D eigenvalue weighted by Gasteiger charge is -2.11. The van der Waals surface area contributed by atoms with Gasteiger partial charge in [0.1, 0.15) is 0 Å². The lowest BCUT2D eigenvalue weighted by molar-refractivity contribution is -0.134. The van der Waals surface area contributed by atoms with Gasteiger partial charge in [-0.05, 0) is 13.8 Å². The lowest BCUT2D eigenvalue weighted by atomic mass is 10.2. The van der Waals surface area contributed by atoms with Crippen LogP contribution in [-0.2, 0) is 14.3 Å². The predicted octanol–water partition coefficient (Wildman–Crippen LogP) is 2.46.